The Morgan fingerprint density at radius 1 is 1.29 bits per heavy atom. The lowest BCUT2D eigenvalue weighted by Gasteiger charge is -2.17. The Bertz CT molecular complexity index is 335. The zero-order valence-corrected chi connectivity index (χ0v) is 10.8. The molecule has 17 heavy (non-hydrogen) atoms. The van der Waals surface area contributed by atoms with E-state index >= 15 is 0 Å². The van der Waals surface area contributed by atoms with Crippen LogP contribution >= 0.6 is 0 Å². The minimum Gasteiger partial charge on any atom is -0.460 e. The number of hydrogen-bond acceptors (Lipinski definition) is 3. The van der Waals surface area contributed by atoms with E-state index in [4.69, 9.17) is 4.74 Å². The summed E-state index contributed by atoms with van der Waals surface area (Å²) in [5.41, 5.74) is 1.01. The van der Waals surface area contributed by atoms with Crippen LogP contribution in [0.5, 0.6) is 0 Å². The van der Waals surface area contributed by atoms with Crippen LogP contribution in [0.25, 0.3) is 0 Å². The summed E-state index contributed by atoms with van der Waals surface area (Å²) >= 11 is 0. The number of likely N-dealkylation sites (N-methyl/N-ethyl adjacent to an activating group) is 1. The molecule has 1 aromatic rings. The standard InChI is InChI=1S/C14H21NO2/c1-11(2)9-13(15-3)14(16)17-10-12-7-5-4-6-8-12/h4-8,11,13,15H,9-10H2,1-3H3. The number of ether oxygens (including phenoxy) is 1. The number of nitrogens with one attached hydrogen (secondary N) is 1. The Morgan fingerprint density at radius 3 is 2.47 bits per heavy atom. The van der Waals surface area contributed by atoms with E-state index in [2.05, 4.69) is 19.2 Å². The van der Waals surface area contributed by atoms with Crippen molar-refractivity contribution in [2.24, 2.45) is 5.92 Å². The maximum Gasteiger partial charge on any atom is 0.323 e. The van der Waals surface area contributed by atoms with E-state index < -0.39 is 0 Å². The Balaban J connectivity index is 2.42. The molecule has 0 radical (unpaired) electrons. The molecule has 0 aliphatic rings. The van der Waals surface area contributed by atoms with Gasteiger partial charge in [0.15, 0.2) is 0 Å². The molecule has 1 N–H and O–H groups in total. The predicted molar refractivity (Wildman–Crippen MR) is 68.5 cm³/mol. The predicted octanol–water partition coefficient (Wildman–Crippen LogP) is 2.36. The topological polar surface area (TPSA) is 38.3 Å². The highest BCUT2D eigenvalue weighted by molar-refractivity contribution is 5.75. The fourth-order valence-corrected chi connectivity index (χ4v) is 1.63. The van der Waals surface area contributed by atoms with E-state index in [1.165, 1.54) is 0 Å². The zero-order valence-electron chi connectivity index (χ0n) is 10.8. The van der Waals surface area contributed by atoms with Crippen LogP contribution in [-0.4, -0.2) is 19.1 Å². The summed E-state index contributed by atoms with van der Waals surface area (Å²) in [6, 6.07) is 9.51. The second kappa shape index (κ2) is 7.07. The monoisotopic (exact) mass is 235 g/mol. The van der Waals surface area contributed by atoms with Gasteiger partial charge in [-0.3, -0.25) is 4.79 Å². The van der Waals surface area contributed by atoms with Crippen LogP contribution in [0.4, 0.5) is 0 Å². The first-order valence-electron chi connectivity index (χ1n) is 6.01. The summed E-state index contributed by atoms with van der Waals surface area (Å²) in [7, 11) is 1.79. The van der Waals surface area contributed by atoms with Gasteiger partial charge >= 0.3 is 5.97 Å². The zero-order chi connectivity index (χ0) is 12.7. The maximum atomic E-state index is 11.8. The van der Waals surface area contributed by atoms with Gasteiger partial charge < -0.3 is 10.1 Å². The van der Waals surface area contributed by atoms with Crippen molar-refractivity contribution in [3.8, 4) is 0 Å². The van der Waals surface area contributed by atoms with E-state index in [0.29, 0.717) is 12.5 Å². The van der Waals surface area contributed by atoms with Crippen LogP contribution in [0.2, 0.25) is 0 Å². The third-order valence-electron chi connectivity index (χ3n) is 2.56. The molecule has 0 amide bonds. The third-order valence-corrected chi connectivity index (χ3v) is 2.56. The van der Waals surface area contributed by atoms with Gasteiger partial charge in [0.25, 0.3) is 0 Å². The Labute approximate surface area is 103 Å². The summed E-state index contributed by atoms with van der Waals surface area (Å²) < 4.78 is 5.28. The van der Waals surface area contributed by atoms with Crippen LogP contribution in [0.3, 0.4) is 0 Å². The molecule has 1 aromatic carbocycles. The normalized spacial score (nSPS) is 12.5. The minimum absolute atomic E-state index is 0.176. The van der Waals surface area contributed by atoms with Gasteiger partial charge in [0, 0.05) is 0 Å². The van der Waals surface area contributed by atoms with E-state index in [0.717, 1.165) is 12.0 Å². The number of benzene rings is 1. The Morgan fingerprint density at radius 2 is 1.94 bits per heavy atom. The lowest BCUT2D eigenvalue weighted by molar-refractivity contribution is -0.147. The lowest BCUT2D eigenvalue weighted by Crippen LogP contribution is -2.36. The summed E-state index contributed by atoms with van der Waals surface area (Å²) in [6.07, 6.45) is 0.796. The minimum atomic E-state index is -0.210. The fraction of sp³-hybridized carbons (Fsp3) is 0.500. The fourth-order valence-electron chi connectivity index (χ4n) is 1.63. The van der Waals surface area contributed by atoms with Gasteiger partial charge in [-0.2, -0.15) is 0 Å². The van der Waals surface area contributed by atoms with Crippen LogP contribution in [0.15, 0.2) is 30.3 Å². The number of esters is 1. The SMILES string of the molecule is CNC(CC(C)C)C(=O)OCc1ccccc1. The molecule has 0 aromatic heterocycles. The Hall–Kier alpha value is -1.35. The van der Waals surface area contributed by atoms with Gasteiger partial charge in [0.05, 0.1) is 0 Å². The molecule has 0 spiro atoms. The molecular formula is C14H21NO2. The van der Waals surface area contributed by atoms with Crippen molar-refractivity contribution in [1.82, 2.24) is 5.32 Å². The molecule has 3 heteroatoms. The van der Waals surface area contributed by atoms with Gasteiger partial charge in [-0.25, -0.2) is 0 Å². The molecule has 1 atom stereocenters. The lowest BCUT2D eigenvalue weighted by atomic mass is 10.0. The van der Waals surface area contributed by atoms with Crippen LogP contribution in [0, 0.1) is 5.92 Å². The van der Waals surface area contributed by atoms with Crippen LogP contribution in [0.1, 0.15) is 25.8 Å². The molecule has 0 heterocycles. The smallest absolute Gasteiger partial charge is 0.323 e. The Kier molecular flexibility index (Phi) is 5.70. The molecule has 0 bridgehead atoms. The molecule has 0 aliphatic heterocycles. The molecule has 0 saturated carbocycles. The highest BCUT2D eigenvalue weighted by atomic mass is 16.5. The summed E-state index contributed by atoms with van der Waals surface area (Å²) in [4.78, 5) is 11.8. The molecule has 0 aliphatic carbocycles. The van der Waals surface area contributed by atoms with Gasteiger partial charge in [-0.15, -0.1) is 0 Å². The number of hydrogen-bond donors (Lipinski definition) is 1. The molecule has 1 unspecified atom stereocenters. The average molecular weight is 235 g/mol. The highest BCUT2D eigenvalue weighted by Gasteiger charge is 2.18. The molecule has 3 nitrogen and oxygen atoms in total. The number of rotatable bonds is 6. The highest BCUT2D eigenvalue weighted by Crippen LogP contribution is 2.08. The third kappa shape index (κ3) is 5.00. The second-order valence-corrected chi connectivity index (χ2v) is 4.56. The first-order chi connectivity index (χ1) is 8.13. The molecule has 0 fully saturated rings. The largest absolute Gasteiger partial charge is 0.460 e. The van der Waals surface area contributed by atoms with Crippen molar-refractivity contribution in [3.05, 3.63) is 35.9 Å². The van der Waals surface area contributed by atoms with Crippen molar-refractivity contribution >= 4 is 5.97 Å². The van der Waals surface area contributed by atoms with E-state index in [1.54, 1.807) is 7.05 Å². The maximum absolute atomic E-state index is 11.8. The second-order valence-electron chi connectivity index (χ2n) is 4.56. The van der Waals surface area contributed by atoms with E-state index in [-0.39, 0.29) is 12.0 Å². The first-order valence-corrected chi connectivity index (χ1v) is 6.01. The van der Waals surface area contributed by atoms with Crippen molar-refractivity contribution in [2.75, 3.05) is 7.05 Å². The van der Waals surface area contributed by atoms with E-state index in [1.807, 2.05) is 30.3 Å². The summed E-state index contributed by atoms with van der Waals surface area (Å²) in [5, 5.41) is 2.99. The van der Waals surface area contributed by atoms with Gasteiger partial charge in [-0.05, 0) is 24.9 Å². The van der Waals surface area contributed by atoms with Gasteiger partial charge in [-0.1, -0.05) is 44.2 Å². The van der Waals surface area contributed by atoms with Crippen LogP contribution < -0.4 is 5.32 Å². The van der Waals surface area contributed by atoms with Crippen molar-refractivity contribution < 1.29 is 9.53 Å². The molecular weight excluding hydrogens is 214 g/mol. The van der Waals surface area contributed by atoms with Crippen molar-refractivity contribution in [2.45, 2.75) is 32.9 Å². The first kappa shape index (κ1) is 13.7. The van der Waals surface area contributed by atoms with E-state index in [9.17, 15) is 4.79 Å². The quantitative estimate of drug-likeness (QED) is 0.769. The van der Waals surface area contributed by atoms with Crippen molar-refractivity contribution in [1.29, 1.82) is 0 Å². The number of carbonyl (C=O) groups excluding carboxylic acids is 1. The summed E-state index contributed by atoms with van der Waals surface area (Å²) in [5.74, 6) is 0.293. The number of carbonyl (C=O) groups is 1. The molecule has 94 valence electrons. The molecule has 0 saturated heterocycles. The van der Waals surface area contributed by atoms with Gasteiger partial charge in [0.1, 0.15) is 12.6 Å². The van der Waals surface area contributed by atoms with Crippen LogP contribution in [-0.2, 0) is 16.1 Å². The average Bonchev–Trinajstić information content (AvgIpc) is 2.34. The molecule has 1 rings (SSSR count). The summed E-state index contributed by atoms with van der Waals surface area (Å²) in [6.45, 7) is 4.53. The van der Waals surface area contributed by atoms with Crippen molar-refractivity contribution in [3.63, 3.8) is 0 Å². The van der Waals surface area contributed by atoms with Gasteiger partial charge in [0.2, 0.25) is 0 Å².